The molecule has 0 saturated carbocycles. The molecule has 33 heavy (non-hydrogen) atoms. The van der Waals surface area contributed by atoms with E-state index in [1.807, 2.05) is 0 Å². The van der Waals surface area contributed by atoms with Crippen molar-refractivity contribution in [2.24, 2.45) is 0 Å². The highest BCUT2D eigenvalue weighted by atomic mass is 32.2. The number of aromatic nitrogens is 2. The van der Waals surface area contributed by atoms with Crippen LogP contribution in [0.4, 0.5) is 13.2 Å². The minimum Gasteiger partial charge on any atom is -0.493 e. The molecule has 0 fully saturated rings. The molecule has 2 aromatic carbocycles. The summed E-state index contributed by atoms with van der Waals surface area (Å²) in [6.45, 7) is 0.110. The van der Waals surface area contributed by atoms with Crippen molar-refractivity contribution in [3.05, 3.63) is 70.8 Å². The summed E-state index contributed by atoms with van der Waals surface area (Å²) in [6.07, 6.45) is -2.35. The summed E-state index contributed by atoms with van der Waals surface area (Å²) in [7, 11) is 2.91. The van der Waals surface area contributed by atoms with Gasteiger partial charge in [0.05, 0.1) is 25.0 Å². The molecule has 11 heteroatoms. The third-order valence-corrected chi connectivity index (χ3v) is 5.40. The Balaban J connectivity index is 1.83. The van der Waals surface area contributed by atoms with E-state index in [1.165, 1.54) is 43.3 Å². The third kappa shape index (κ3) is 6.28. The Labute approximate surface area is 191 Å². The van der Waals surface area contributed by atoms with E-state index >= 15 is 0 Å². The van der Waals surface area contributed by atoms with Gasteiger partial charge in [-0.05, 0) is 36.4 Å². The van der Waals surface area contributed by atoms with Crippen molar-refractivity contribution >= 4 is 11.8 Å². The average molecular weight is 482 g/mol. The lowest BCUT2D eigenvalue weighted by Crippen LogP contribution is -2.23. The van der Waals surface area contributed by atoms with Crippen LogP contribution in [0.2, 0.25) is 0 Å². The number of methoxy groups -OCH3 is 2. The van der Waals surface area contributed by atoms with Crippen LogP contribution in [0, 0.1) is 0 Å². The first-order valence-corrected chi connectivity index (χ1v) is 10.5. The van der Waals surface area contributed by atoms with Gasteiger partial charge in [-0.25, -0.2) is 4.98 Å². The zero-order valence-corrected chi connectivity index (χ0v) is 18.5. The number of aliphatic hydroxyl groups is 1. The van der Waals surface area contributed by atoms with Gasteiger partial charge in [0, 0.05) is 30.5 Å². The van der Waals surface area contributed by atoms with Gasteiger partial charge in [-0.3, -0.25) is 9.36 Å². The van der Waals surface area contributed by atoms with Crippen LogP contribution in [-0.2, 0) is 10.9 Å². The summed E-state index contributed by atoms with van der Waals surface area (Å²) in [5.74, 6) is 0.718. The fourth-order valence-corrected chi connectivity index (χ4v) is 3.64. The Bertz CT molecular complexity index is 1140. The summed E-state index contributed by atoms with van der Waals surface area (Å²) in [6, 6.07) is 9.32. The van der Waals surface area contributed by atoms with Gasteiger partial charge >= 0.3 is 6.18 Å². The average Bonchev–Trinajstić information content (AvgIpc) is 2.79. The standard InChI is InChI=1S/C22H21F3N2O5S/c1-30-12-16(28)13-32-18-8-5-15(11-19(18)31-2)27-10-9-26-20(21(27)29)33-17-6-3-14(4-7-17)22(23,24)25/h3-11,16,28H,12-13H2,1-2H3. The normalized spacial score (nSPS) is 12.4. The molecule has 3 aromatic rings. The van der Waals surface area contributed by atoms with Crippen molar-refractivity contribution in [3.8, 4) is 17.2 Å². The van der Waals surface area contributed by atoms with E-state index < -0.39 is 23.4 Å². The van der Waals surface area contributed by atoms with Crippen LogP contribution in [0.5, 0.6) is 11.5 Å². The second kappa shape index (κ2) is 10.7. The largest absolute Gasteiger partial charge is 0.493 e. The van der Waals surface area contributed by atoms with E-state index in [0.717, 1.165) is 23.9 Å². The van der Waals surface area contributed by atoms with Crippen LogP contribution >= 0.6 is 11.8 Å². The van der Waals surface area contributed by atoms with Crippen molar-refractivity contribution in [3.63, 3.8) is 0 Å². The summed E-state index contributed by atoms with van der Waals surface area (Å²) in [4.78, 5) is 17.5. The highest BCUT2D eigenvalue weighted by molar-refractivity contribution is 7.99. The molecule has 3 rings (SSSR count). The number of nitrogens with zero attached hydrogens (tertiary/aromatic N) is 2. The van der Waals surface area contributed by atoms with Crippen molar-refractivity contribution in [1.29, 1.82) is 0 Å². The molecule has 0 amide bonds. The maximum absolute atomic E-state index is 13.0. The Morgan fingerprint density at radius 1 is 1.09 bits per heavy atom. The summed E-state index contributed by atoms with van der Waals surface area (Å²) >= 11 is 0.964. The third-order valence-electron chi connectivity index (χ3n) is 4.42. The number of aliphatic hydroxyl groups excluding tert-OH is 1. The molecule has 1 atom stereocenters. The Hall–Kier alpha value is -3.02. The molecule has 0 spiro atoms. The first-order valence-electron chi connectivity index (χ1n) is 9.64. The van der Waals surface area contributed by atoms with E-state index in [1.54, 1.807) is 18.2 Å². The van der Waals surface area contributed by atoms with Crippen molar-refractivity contribution in [2.45, 2.75) is 22.2 Å². The molecule has 176 valence electrons. The number of alkyl halides is 3. The molecule has 0 saturated heterocycles. The second-order valence-electron chi connectivity index (χ2n) is 6.79. The van der Waals surface area contributed by atoms with Gasteiger partial charge in [-0.15, -0.1) is 0 Å². The topological polar surface area (TPSA) is 82.8 Å². The number of ether oxygens (including phenoxy) is 3. The maximum atomic E-state index is 13.0. The quantitative estimate of drug-likeness (QED) is 0.497. The van der Waals surface area contributed by atoms with E-state index in [4.69, 9.17) is 14.2 Å². The van der Waals surface area contributed by atoms with Gasteiger partial charge < -0.3 is 19.3 Å². The van der Waals surface area contributed by atoms with Gasteiger partial charge in [-0.2, -0.15) is 13.2 Å². The van der Waals surface area contributed by atoms with Gasteiger partial charge in [0.2, 0.25) is 0 Å². The predicted molar refractivity (Wildman–Crippen MR) is 115 cm³/mol. The first kappa shape index (κ1) is 24.6. The zero-order chi connectivity index (χ0) is 24.0. The Morgan fingerprint density at radius 2 is 1.82 bits per heavy atom. The number of halogens is 3. The van der Waals surface area contributed by atoms with E-state index in [2.05, 4.69) is 4.98 Å². The fraction of sp³-hybridized carbons (Fsp3) is 0.273. The lowest BCUT2D eigenvalue weighted by molar-refractivity contribution is -0.137. The van der Waals surface area contributed by atoms with Crippen LogP contribution in [0.15, 0.2) is 69.6 Å². The van der Waals surface area contributed by atoms with Crippen LogP contribution in [0.25, 0.3) is 5.69 Å². The molecule has 1 aromatic heterocycles. The predicted octanol–water partition coefficient (Wildman–Crippen LogP) is 3.80. The molecule has 0 radical (unpaired) electrons. The molecular formula is C22H21F3N2O5S. The molecule has 1 heterocycles. The summed E-state index contributed by atoms with van der Waals surface area (Å²) < 4.78 is 55.4. The molecule has 1 unspecified atom stereocenters. The minimum absolute atomic E-state index is 0.00727. The number of rotatable bonds is 9. The Kier molecular flexibility index (Phi) is 8.01. The van der Waals surface area contributed by atoms with Crippen LogP contribution < -0.4 is 15.0 Å². The lowest BCUT2D eigenvalue weighted by atomic mass is 10.2. The molecule has 1 N–H and O–H groups in total. The van der Waals surface area contributed by atoms with E-state index in [-0.39, 0.29) is 18.2 Å². The first-order chi connectivity index (χ1) is 15.7. The lowest BCUT2D eigenvalue weighted by Gasteiger charge is -2.15. The fourth-order valence-electron chi connectivity index (χ4n) is 2.84. The van der Waals surface area contributed by atoms with E-state index in [9.17, 15) is 23.1 Å². The summed E-state index contributed by atoms with van der Waals surface area (Å²) in [5.41, 5.74) is -0.749. The minimum atomic E-state index is -4.43. The molecule has 0 aliphatic carbocycles. The Morgan fingerprint density at radius 3 is 2.45 bits per heavy atom. The molecule has 0 bridgehead atoms. The molecule has 0 aliphatic heterocycles. The van der Waals surface area contributed by atoms with Crippen LogP contribution in [-0.4, -0.2) is 48.2 Å². The van der Waals surface area contributed by atoms with Crippen molar-refractivity contribution < 1.29 is 32.5 Å². The number of benzene rings is 2. The van der Waals surface area contributed by atoms with Crippen LogP contribution in [0.3, 0.4) is 0 Å². The number of hydrogen-bond donors (Lipinski definition) is 1. The van der Waals surface area contributed by atoms with Crippen LogP contribution in [0.1, 0.15) is 5.56 Å². The SMILES string of the molecule is COCC(O)COc1ccc(-n2ccnc(Sc3ccc(C(F)(F)F)cc3)c2=O)cc1OC. The van der Waals surface area contributed by atoms with Gasteiger partial charge in [0.15, 0.2) is 16.5 Å². The van der Waals surface area contributed by atoms with Gasteiger partial charge in [0.25, 0.3) is 5.56 Å². The zero-order valence-electron chi connectivity index (χ0n) is 17.7. The molecular weight excluding hydrogens is 461 g/mol. The van der Waals surface area contributed by atoms with Crippen molar-refractivity contribution in [2.75, 3.05) is 27.4 Å². The maximum Gasteiger partial charge on any atom is 0.416 e. The molecule has 7 nitrogen and oxygen atoms in total. The smallest absolute Gasteiger partial charge is 0.416 e. The highest BCUT2D eigenvalue weighted by Crippen LogP contribution is 2.32. The number of hydrogen-bond acceptors (Lipinski definition) is 7. The van der Waals surface area contributed by atoms with Crippen molar-refractivity contribution in [1.82, 2.24) is 9.55 Å². The monoisotopic (exact) mass is 482 g/mol. The van der Waals surface area contributed by atoms with Gasteiger partial charge in [0.1, 0.15) is 12.7 Å². The van der Waals surface area contributed by atoms with E-state index in [0.29, 0.717) is 22.1 Å². The molecule has 0 aliphatic rings. The summed E-state index contributed by atoms with van der Waals surface area (Å²) in [5, 5.41) is 9.84. The van der Waals surface area contributed by atoms with Gasteiger partial charge in [-0.1, -0.05) is 11.8 Å². The second-order valence-corrected chi connectivity index (χ2v) is 7.85. The highest BCUT2D eigenvalue weighted by Gasteiger charge is 2.30.